The van der Waals surface area contributed by atoms with Crippen molar-refractivity contribution in [2.24, 2.45) is 7.05 Å². The SMILES string of the molecule is Cc1c(C#N)cc(F)cc1[C@@H](C)Nc1ncc(C#N)c2c1cc(Br)c(=O)n2C. The van der Waals surface area contributed by atoms with Gasteiger partial charge in [-0.2, -0.15) is 10.5 Å². The molecule has 6 nitrogen and oxygen atoms in total. The van der Waals surface area contributed by atoms with Crippen LogP contribution >= 0.6 is 15.9 Å². The maximum atomic E-state index is 13.9. The lowest BCUT2D eigenvalue weighted by atomic mass is 9.97. The van der Waals surface area contributed by atoms with Crippen LogP contribution in [-0.4, -0.2) is 9.55 Å². The van der Waals surface area contributed by atoms with Crippen LogP contribution in [0.5, 0.6) is 0 Å². The van der Waals surface area contributed by atoms with Crippen molar-refractivity contribution in [3.8, 4) is 12.1 Å². The quantitative estimate of drug-likeness (QED) is 0.663. The van der Waals surface area contributed by atoms with Crippen molar-refractivity contribution in [2.75, 3.05) is 5.32 Å². The molecule has 0 aliphatic heterocycles. The van der Waals surface area contributed by atoms with Gasteiger partial charge in [0.05, 0.1) is 33.2 Å². The third kappa shape index (κ3) is 3.23. The number of anilines is 1. The molecule has 0 radical (unpaired) electrons. The van der Waals surface area contributed by atoms with E-state index in [9.17, 15) is 19.7 Å². The number of hydrogen-bond donors (Lipinski definition) is 1. The van der Waals surface area contributed by atoms with Gasteiger partial charge in [0.1, 0.15) is 17.7 Å². The number of nitrogens with one attached hydrogen (secondary N) is 1. The second-order valence-corrected chi connectivity index (χ2v) is 7.25. The van der Waals surface area contributed by atoms with Gasteiger partial charge < -0.3 is 9.88 Å². The van der Waals surface area contributed by atoms with E-state index in [2.05, 4.69) is 32.3 Å². The number of nitriles is 2. The highest BCUT2D eigenvalue weighted by atomic mass is 79.9. The lowest BCUT2D eigenvalue weighted by Gasteiger charge is -2.20. The van der Waals surface area contributed by atoms with E-state index in [4.69, 9.17) is 0 Å². The van der Waals surface area contributed by atoms with Gasteiger partial charge in [0.2, 0.25) is 0 Å². The zero-order valence-electron chi connectivity index (χ0n) is 15.3. The number of pyridine rings is 2. The number of fused-ring (bicyclic) bond motifs is 1. The van der Waals surface area contributed by atoms with E-state index in [1.165, 1.54) is 22.9 Å². The summed E-state index contributed by atoms with van der Waals surface area (Å²) in [4.78, 5) is 16.6. The van der Waals surface area contributed by atoms with Crippen LogP contribution < -0.4 is 10.9 Å². The smallest absolute Gasteiger partial charge is 0.265 e. The average molecular weight is 440 g/mol. The summed E-state index contributed by atoms with van der Waals surface area (Å²) in [5, 5.41) is 22.4. The standard InChI is InChI=1S/C20H15BrFN5O/c1-10-12(7-23)4-14(22)5-15(10)11(2)26-19-16-6-17(21)20(28)27(3)18(16)13(8-24)9-25-19/h4-6,9,11H,1-3H3,(H,25,26)/t11-/m1/s1. The number of benzene rings is 1. The highest BCUT2D eigenvalue weighted by Gasteiger charge is 2.18. The molecule has 1 aromatic carbocycles. The third-order valence-corrected chi connectivity index (χ3v) is 5.24. The molecule has 0 aliphatic carbocycles. The molecule has 2 heterocycles. The highest BCUT2D eigenvalue weighted by Crippen LogP contribution is 2.30. The first-order chi connectivity index (χ1) is 13.3. The van der Waals surface area contributed by atoms with E-state index in [0.717, 1.165) is 0 Å². The molecule has 1 N–H and O–H groups in total. The van der Waals surface area contributed by atoms with E-state index < -0.39 is 5.82 Å². The molecule has 3 rings (SSSR count). The van der Waals surface area contributed by atoms with Crippen LogP contribution in [0.4, 0.5) is 10.2 Å². The number of aromatic nitrogens is 2. The van der Waals surface area contributed by atoms with Crippen molar-refractivity contribution in [1.29, 1.82) is 10.5 Å². The summed E-state index contributed by atoms with van der Waals surface area (Å²) < 4.78 is 15.6. The van der Waals surface area contributed by atoms with Gasteiger partial charge >= 0.3 is 0 Å². The average Bonchev–Trinajstić information content (AvgIpc) is 2.67. The fourth-order valence-corrected chi connectivity index (χ4v) is 3.71. The highest BCUT2D eigenvalue weighted by molar-refractivity contribution is 9.10. The number of nitrogens with zero attached hydrogens (tertiary/aromatic N) is 4. The first-order valence-corrected chi connectivity index (χ1v) is 9.12. The van der Waals surface area contributed by atoms with Gasteiger partial charge in [-0.15, -0.1) is 0 Å². The van der Waals surface area contributed by atoms with Crippen molar-refractivity contribution in [3.63, 3.8) is 0 Å². The molecule has 8 heteroatoms. The molecule has 0 aliphatic rings. The summed E-state index contributed by atoms with van der Waals surface area (Å²) in [6.07, 6.45) is 1.39. The van der Waals surface area contributed by atoms with Crippen molar-refractivity contribution in [3.05, 3.63) is 67.3 Å². The Morgan fingerprint density at radius 3 is 2.57 bits per heavy atom. The molecule has 0 saturated heterocycles. The fourth-order valence-electron chi connectivity index (χ4n) is 3.21. The zero-order chi connectivity index (χ0) is 20.6. The largest absolute Gasteiger partial charge is 0.363 e. The van der Waals surface area contributed by atoms with Gasteiger partial charge in [-0.25, -0.2) is 9.37 Å². The Hall–Kier alpha value is -3.23. The van der Waals surface area contributed by atoms with Crippen LogP contribution in [0.3, 0.4) is 0 Å². The summed E-state index contributed by atoms with van der Waals surface area (Å²) in [5.74, 6) is -0.0476. The second-order valence-electron chi connectivity index (χ2n) is 6.40. The van der Waals surface area contributed by atoms with Crippen molar-refractivity contribution in [2.45, 2.75) is 19.9 Å². The van der Waals surface area contributed by atoms with Crippen molar-refractivity contribution < 1.29 is 4.39 Å². The summed E-state index contributed by atoms with van der Waals surface area (Å²) >= 11 is 3.24. The lowest BCUT2D eigenvalue weighted by Crippen LogP contribution is -2.19. The molecule has 2 aromatic heterocycles. The van der Waals surface area contributed by atoms with Crippen LogP contribution in [0, 0.1) is 35.4 Å². The molecular weight excluding hydrogens is 425 g/mol. The van der Waals surface area contributed by atoms with E-state index >= 15 is 0 Å². The monoisotopic (exact) mass is 439 g/mol. The topological polar surface area (TPSA) is 94.5 Å². The summed E-state index contributed by atoms with van der Waals surface area (Å²) in [7, 11) is 1.58. The molecular formula is C20H15BrFN5O. The normalized spacial score (nSPS) is 11.7. The minimum atomic E-state index is -0.492. The van der Waals surface area contributed by atoms with Crippen LogP contribution in [0.2, 0.25) is 0 Å². The molecule has 1 atom stereocenters. The fraction of sp³-hybridized carbons (Fsp3) is 0.200. The predicted molar refractivity (Wildman–Crippen MR) is 107 cm³/mol. The van der Waals surface area contributed by atoms with Crippen molar-refractivity contribution in [1.82, 2.24) is 9.55 Å². The number of rotatable bonds is 3. The Balaban J connectivity index is 2.17. The van der Waals surface area contributed by atoms with Crippen LogP contribution in [0.25, 0.3) is 10.9 Å². The molecule has 0 spiro atoms. The van der Waals surface area contributed by atoms with E-state index in [0.29, 0.717) is 32.3 Å². The first kappa shape index (κ1) is 19.5. The van der Waals surface area contributed by atoms with Gasteiger partial charge in [-0.05, 0) is 59.1 Å². The summed E-state index contributed by atoms with van der Waals surface area (Å²) in [5.41, 5.74) is 2.03. The number of halogens is 2. The molecule has 0 bridgehead atoms. The Kier molecular flexibility index (Phi) is 5.17. The molecule has 140 valence electrons. The van der Waals surface area contributed by atoms with E-state index in [1.807, 2.05) is 13.0 Å². The second kappa shape index (κ2) is 7.41. The molecule has 28 heavy (non-hydrogen) atoms. The van der Waals surface area contributed by atoms with E-state index in [-0.39, 0.29) is 22.7 Å². The maximum absolute atomic E-state index is 13.9. The minimum absolute atomic E-state index is 0.270. The summed E-state index contributed by atoms with van der Waals surface area (Å²) in [6, 6.07) is 7.87. The molecule has 0 amide bonds. The Bertz CT molecular complexity index is 1250. The van der Waals surface area contributed by atoms with Crippen LogP contribution in [-0.2, 0) is 7.05 Å². The molecule has 0 saturated carbocycles. The molecule has 0 unspecified atom stereocenters. The lowest BCUT2D eigenvalue weighted by molar-refractivity contribution is 0.622. The van der Waals surface area contributed by atoms with Gasteiger partial charge in [-0.3, -0.25) is 4.79 Å². The minimum Gasteiger partial charge on any atom is -0.363 e. The van der Waals surface area contributed by atoms with Gasteiger partial charge in [-0.1, -0.05) is 0 Å². The van der Waals surface area contributed by atoms with Crippen LogP contribution in [0.15, 0.2) is 33.7 Å². The van der Waals surface area contributed by atoms with Crippen molar-refractivity contribution >= 4 is 32.7 Å². The predicted octanol–water partition coefficient (Wildman–Crippen LogP) is 4.06. The number of aryl methyl sites for hydroxylation is 1. The van der Waals surface area contributed by atoms with Gasteiger partial charge in [0.15, 0.2) is 0 Å². The molecule has 3 aromatic rings. The zero-order valence-corrected chi connectivity index (χ0v) is 16.9. The van der Waals surface area contributed by atoms with Gasteiger partial charge in [0, 0.05) is 18.6 Å². The first-order valence-electron chi connectivity index (χ1n) is 8.33. The Morgan fingerprint density at radius 1 is 1.25 bits per heavy atom. The third-order valence-electron chi connectivity index (χ3n) is 4.68. The number of hydrogen-bond acceptors (Lipinski definition) is 5. The van der Waals surface area contributed by atoms with E-state index in [1.54, 1.807) is 20.0 Å². The Labute approximate surface area is 169 Å². The van der Waals surface area contributed by atoms with Gasteiger partial charge in [0.25, 0.3) is 5.56 Å². The maximum Gasteiger partial charge on any atom is 0.265 e. The van der Waals surface area contributed by atoms with Crippen LogP contribution in [0.1, 0.15) is 35.2 Å². The molecule has 0 fully saturated rings. The Morgan fingerprint density at radius 2 is 1.93 bits per heavy atom. The summed E-state index contributed by atoms with van der Waals surface area (Å²) in [6.45, 7) is 3.59.